The summed E-state index contributed by atoms with van der Waals surface area (Å²) in [7, 11) is 0. The molecule has 0 aliphatic rings. The first-order valence-electron chi connectivity index (χ1n) is 29.0. The van der Waals surface area contributed by atoms with Crippen LogP contribution in [0.25, 0.3) is 54.2 Å². The van der Waals surface area contributed by atoms with E-state index in [2.05, 4.69) is 216 Å². The Bertz CT molecular complexity index is 3090. The van der Waals surface area contributed by atoms with Gasteiger partial charge in [0.1, 0.15) is 0 Å². The number of hydrogen-bond acceptors (Lipinski definition) is 2. The van der Waals surface area contributed by atoms with E-state index < -0.39 is 0 Å². The lowest BCUT2D eigenvalue weighted by Gasteiger charge is -2.19. The largest absolute Gasteiger partial charge is 0.490 e. The Morgan fingerprint density at radius 3 is 0.829 bits per heavy atom. The molecule has 9 aromatic rings. The van der Waals surface area contributed by atoms with Crippen LogP contribution in [0.5, 0.6) is 11.5 Å². The van der Waals surface area contributed by atoms with Crippen molar-refractivity contribution in [2.45, 2.75) is 142 Å². The van der Waals surface area contributed by atoms with Gasteiger partial charge in [0, 0.05) is 8.95 Å². The van der Waals surface area contributed by atoms with E-state index >= 15 is 0 Å². The highest BCUT2D eigenvalue weighted by Crippen LogP contribution is 2.38. The van der Waals surface area contributed by atoms with Crippen molar-refractivity contribution in [2.24, 2.45) is 0 Å². The van der Waals surface area contributed by atoms with Crippen molar-refractivity contribution in [2.75, 3.05) is 13.2 Å². The summed E-state index contributed by atoms with van der Waals surface area (Å²) < 4.78 is 15.8. The maximum absolute atomic E-state index is 6.87. The van der Waals surface area contributed by atoms with Gasteiger partial charge in [-0.2, -0.15) is 0 Å². The summed E-state index contributed by atoms with van der Waals surface area (Å²) in [4.78, 5) is 0. The highest BCUT2D eigenvalue weighted by molar-refractivity contribution is 9.13. The number of benzene rings is 9. The Labute approximate surface area is 470 Å². The minimum absolute atomic E-state index is 0.676. The van der Waals surface area contributed by atoms with Crippen LogP contribution in [0, 0.1) is 0 Å². The van der Waals surface area contributed by atoms with Gasteiger partial charge in [0.25, 0.3) is 0 Å². The summed E-state index contributed by atoms with van der Waals surface area (Å²) in [6.45, 7) is 5.94. The predicted molar refractivity (Wildman–Crippen MR) is 335 cm³/mol. The number of ether oxygens (including phenoxy) is 2. The molecule has 0 amide bonds. The van der Waals surface area contributed by atoms with Crippen LogP contribution in [0.2, 0.25) is 0 Å². The van der Waals surface area contributed by atoms with Crippen LogP contribution in [0.4, 0.5) is 0 Å². The van der Waals surface area contributed by atoms with Crippen molar-refractivity contribution in [1.82, 2.24) is 0 Å². The topological polar surface area (TPSA) is 18.5 Å². The minimum Gasteiger partial charge on any atom is -0.490 e. The highest BCUT2D eigenvalue weighted by atomic mass is 79.9. The molecule has 0 saturated carbocycles. The molecule has 0 spiro atoms. The molecule has 0 aliphatic heterocycles. The second-order valence-corrected chi connectivity index (χ2v) is 22.8. The summed E-state index contributed by atoms with van der Waals surface area (Å²) in [6, 6.07) is 62.9. The summed E-state index contributed by atoms with van der Waals surface area (Å²) in [6.07, 6.45) is 25.8. The molecule has 9 rings (SSSR count). The normalized spacial score (nSPS) is 11.5. The third-order valence-corrected chi connectivity index (χ3v) is 17.2. The quantitative estimate of drug-likeness (QED) is 0.0359. The van der Waals surface area contributed by atoms with Crippen LogP contribution in [-0.2, 0) is 0 Å². The molecule has 0 saturated heterocycles. The number of hydrogen-bond donors (Lipinski definition) is 0. The number of rotatable bonds is 28. The zero-order valence-corrected chi connectivity index (χ0v) is 48.5. The summed E-state index contributed by atoms with van der Waals surface area (Å²) in [5.41, 5.74) is 7.10. The fraction of sp³-hybridized carbons (Fsp3) is 0.333. The van der Waals surface area contributed by atoms with Gasteiger partial charge >= 0.3 is 0 Å². The van der Waals surface area contributed by atoms with Crippen molar-refractivity contribution in [1.29, 1.82) is 0 Å². The van der Waals surface area contributed by atoms with Crippen LogP contribution < -0.4 is 19.9 Å². The monoisotopic (exact) mass is 1130 g/mol. The maximum Gasteiger partial charge on any atom is 0.161 e. The Morgan fingerprint density at radius 1 is 0.303 bits per heavy atom. The fourth-order valence-corrected chi connectivity index (χ4v) is 12.1. The molecular formula is C72H78Br2O2. The molecule has 0 N–H and O–H groups in total. The first-order chi connectivity index (χ1) is 37.5. The molecule has 0 unspecified atom stereocenters. The minimum atomic E-state index is 0.676. The first kappa shape index (κ1) is 55.1. The van der Waals surface area contributed by atoms with E-state index in [1.165, 1.54) is 192 Å². The van der Waals surface area contributed by atoms with Gasteiger partial charge in [-0.3, -0.25) is 0 Å². The Balaban J connectivity index is 1.25. The van der Waals surface area contributed by atoms with Gasteiger partial charge in [0.2, 0.25) is 0 Å². The zero-order chi connectivity index (χ0) is 52.3. The second kappa shape index (κ2) is 28.6. The van der Waals surface area contributed by atoms with E-state index in [0.717, 1.165) is 44.1 Å². The van der Waals surface area contributed by atoms with Gasteiger partial charge in [-0.15, -0.1) is 0 Å². The number of unbranched alkanes of at least 4 members (excludes halogenated alkanes) is 18. The lowest BCUT2D eigenvalue weighted by molar-refractivity contribution is 0.259. The van der Waals surface area contributed by atoms with Gasteiger partial charge in [0.15, 0.2) is 11.5 Å². The Morgan fingerprint density at radius 2 is 0.553 bits per heavy atom. The Hall–Kier alpha value is -5.68. The van der Waals surface area contributed by atoms with Crippen molar-refractivity contribution < 1.29 is 9.47 Å². The van der Waals surface area contributed by atoms with Gasteiger partial charge in [0.05, 0.1) is 13.2 Å². The molecule has 0 radical (unpaired) electrons. The van der Waals surface area contributed by atoms with Crippen LogP contribution in [-0.4, -0.2) is 13.2 Å². The maximum atomic E-state index is 6.87. The molecule has 0 aliphatic carbocycles. The molecule has 0 heterocycles. The van der Waals surface area contributed by atoms with E-state index in [0.29, 0.717) is 13.2 Å². The molecular weight excluding hydrogens is 1060 g/mol. The number of halogens is 2. The molecule has 2 nitrogen and oxygen atoms in total. The third-order valence-electron chi connectivity index (χ3n) is 15.4. The SMILES string of the molecule is CCCCCCCCCCCCOc1cc2cc3c(=C(c4ccccc4)c4ccccc4)c4cc5cc(Br)c(Br)cc5cc4c(=C(c4ccccc4)c4ccccc4)c3cc2cc1OCCCCCCCCCCCC. The van der Waals surface area contributed by atoms with Crippen molar-refractivity contribution in [3.05, 3.63) is 211 Å². The standard InChI is InChI=1S/C72H78Br2O2/c1-3-5-7-9-11-13-15-17-19-33-43-75-67-51-59-47-63-64(48-60(59)52-68(67)76-44-34-20-18-16-14-12-10-8-6-4-2)72(70(55-39-29-23-30-40-55)56-41-31-24-32-42-56)62-46-58-50-66(74)65(73)49-57(58)45-61(62)71(63)69(53-35-25-21-26-36-53)54-37-27-22-28-38-54/h21-32,35-42,45-52H,3-20,33-34,43-44H2,1-2H3. The second-order valence-electron chi connectivity index (χ2n) is 21.1. The third kappa shape index (κ3) is 14.1. The van der Waals surface area contributed by atoms with Crippen LogP contribution in [0.1, 0.15) is 165 Å². The average Bonchev–Trinajstić information content (AvgIpc) is 3.52. The molecule has 4 heteroatoms. The van der Waals surface area contributed by atoms with Crippen LogP contribution in [0.15, 0.2) is 179 Å². The Kier molecular flexibility index (Phi) is 20.7. The van der Waals surface area contributed by atoms with E-state index in [1.807, 2.05) is 0 Å². The van der Waals surface area contributed by atoms with Crippen LogP contribution >= 0.6 is 31.9 Å². The average molecular weight is 1140 g/mol. The molecule has 392 valence electrons. The van der Waals surface area contributed by atoms with E-state index in [-0.39, 0.29) is 0 Å². The molecule has 0 bridgehead atoms. The zero-order valence-electron chi connectivity index (χ0n) is 45.3. The first-order valence-corrected chi connectivity index (χ1v) is 30.6. The number of fused-ring (bicyclic) bond motifs is 4. The highest BCUT2D eigenvalue weighted by Gasteiger charge is 2.20. The fourth-order valence-electron chi connectivity index (χ4n) is 11.4. The van der Waals surface area contributed by atoms with Crippen molar-refractivity contribution in [3.63, 3.8) is 0 Å². The van der Waals surface area contributed by atoms with E-state index in [4.69, 9.17) is 9.47 Å². The molecule has 9 aromatic carbocycles. The van der Waals surface area contributed by atoms with Gasteiger partial charge in [-0.1, -0.05) is 251 Å². The van der Waals surface area contributed by atoms with E-state index in [1.54, 1.807) is 0 Å². The van der Waals surface area contributed by atoms with Crippen molar-refractivity contribution in [3.8, 4) is 11.5 Å². The lowest BCUT2D eigenvalue weighted by atomic mass is 9.85. The summed E-state index contributed by atoms with van der Waals surface area (Å²) in [5.74, 6) is 1.69. The summed E-state index contributed by atoms with van der Waals surface area (Å²) >= 11 is 7.78. The van der Waals surface area contributed by atoms with Crippen LogP contribution in [0.3, 0.4) is 0 Å². The predicted octanol–water partition coefficient (Wildman–Crippen LogP) is 20.9. The lowest BCUT2D eigenvalue weighted by Crippen LogP contribution is -2.21. The molecule has 76 heavy (non-hydrogen) atoms. The van der Waals surface area contributed by atoms with Gasteiger partial charge in [-0.25, -0.2) is 0 Å². The van der Waals surface area contributed by atoms with E-state index in [9.17, 15) is 0 Å². The van der Waals surface area contributed by atoms with Gasteiger partial charge in [-0.05, 0) is 180 Å². The molecule has 0 fully saturated rings. The summed E-state index contributed by atoms with van der Waals surface area (Å²) in [5, 5.41) is 11.8. The van der Waals surface area contributed by atoms with Gasteiger partial charge < -0.3 is 9.47 Å². The van der Waals surface area contributed by atoms with Crippen molar-refractivity contribution >= 4 is 86.1 Å². The molecule has 0 aromatic heterocycles. The smallest absolute Gasteiger partial charge is 0.161 e. The molecule has 0 atom stereocenters.